The number of nitrogens with zero attached hydrogens (tertiary/aromatic N) is 2. The third-order valence-corrected chi connectivity index (χ3v) is 5.43. The summed E-state index contributed by atoms with van der Waals surface area (Å²) in [6.45, 7) is 2.23. The molecule has 0 aromatic heterocycles. The number of rotatable bonds is 6. The minimum atomic E-state index is -0.584. The Kier molecular flexibility index (Phi) is 5.73. The van der Waals surface area contributed by atoms with Crippen LogP contribution in [0.2, 0.25) is 0 Å². The number of hydrogen-bond acceptors (Lipinski definition) is 7. The number of benzene rings is 1. The SMILES string of the molecule is COC(=O)COc1ccc(CN2CC3CCCC(N)C3C2)cc1[N+](=O)[O-]. The molecular weight excluding hydrogens is 338 g/mol. The summed E-state index contributed by atoms with van der Waals surface area (Å²) >= 11 is 0. The topological polar surface area (TPSA) is 108 Å². The van der Waals surface area contributed by atoms with Crippen LogP contribution in [0.25, 0.3) is 0 Å². The number of nitro benzene ring substituents is 1. The van der Waals surface area contributed by atoms with Crippen molar-refractivity contribution in [1.82, 2.24) is 4.90 Å². The third-order valence-electron chi connectivity index (χ3n) is 5.43. The fraction of sp³-hybridized carbons (Fsp3) is 0.611. The number of ether oxygens (including phenoxy) is 2. The normalized spacial score (nSPS) is 25.5. The molecule has 1 aliphatic carbocycles. The van der Waals surface area contributed by atoms with E-state index in [1.165, 1.54) is 26.0 Å². The van der Waals surface area contributed by atoms with Crippen LogP contribution in [0.3, 0.4) is 0 Å². The lowest BCUT2D eigenvalue weighted by Gasteiger charge is -2.29. The van der Waals surface area contributed by atoms with Gasteiger partial charge < -0.3 is 15.2 Å². The lowest BCUT2D eigenvalue weighted by Crippen LogP contribution is -2.38. The highest BCUT2D eigenvalue weighted by molar-refractivity contribution is 5.71. The molecule has 2 aliphatic rings. The largest absolute Gasteiger partial charge is 0.475 e. The molecule has 26 heavy (non-hydrogen) atoms. The van der Waals surface area contributed by atoms with Gasteiger partial charge in [-0.1, -0.05) is 12.5 Å². The molecule has 1 saturated heterocycles. The van der Waals surface area contributed by atoms with Crippen molar-refractivity contribution in [3.8, 4) is 5.75 Å². The summed E-state index contributed by atoms with van der Waals surface area (Å²) in [5.41, 5.74) is 6.97. The van der Waals surface area contributed by atoms with Crippen LogP contribution in [0.1, 0.15) is 24.8 Å². The number of esters is 1. The fourth-order valence-corrected chi connectivity index (χ4v) is 4.12. The summed E-state index contributed by atoms with van der Waals surface area (Å²) < 4.78 is 9.71. The highest BCUT2D eigenvalue weighted by Gasteiger charge is 2.38. The second-order valence-corrected chi connectivity index (χ2v) is 7.14. The van der Waals surface area contributed by atoms with Gasteiger partial charge in [0.1, 0.15) is 0 Å². The van der Waals surface area contributed by atoms with E-state index in [-0.39, 0.29) is 24.1 Å². The molecule has 0 spiro atoms. The predicted octanol–water partition coefficient (Wildman–Crippen LogP) is 1.71. The molecular formula is C18H25N3O5. The molecule has 1 aliphatic heterocycles. The number of likely N-dealkylation sites (tertiary alicyclic amines) is 1. The van der Waals surface area contributed by atoms with E-state index in [4.69, 9.17) is 10.5 Å². The standard InChI is InChI=1S/C18H25N3O5/c1-25-18(22)11-26-17-6-5-12(7-16(17)21(23)24)8-20-9-13-3-2-4-15(19)14(13)10-20/h5-7,13-15H,2-4,8-11,19H2,1H3. The Balaban J connectivity index is 1.68. The Hall–Kier alpha value is -2.19. The zero-order valence-electron chi connectivity index (χ0n) is 14.9. The summed E-state index contributed by atoms with van der Waals surface area (Å²) in [7, 11) is 1.24. The van der Waals surface area contributed by atoms with Gasteiger partial charge in [0.15, 0.2) is 12.4 Å². The van der Waals surface area contributed by atoms with E-state index in [0.717, 1.165) is 25.1 Å². The van der Waals surface area contributed by atoms with Gasteiger partial charge in [0.2, 0.25) is 0 Å². The molecule has 3 rings (SSSR count). The van der Waals surface area contributed by atoms with Crippen LogP contribution in [0.4, 0.5) is 5.69 Å². The van der Waals surface area contributed by atoms with Crippen LogP contribution in [0.15, 0.2) is 18.2 Å². The van der Waals surface area contributed by atoms with E-state index >= 15 is 0 Å². The van der Waals surface area contributed by atoms with Gasteiger partial charge in [-0.25, -0.2) is 4.79 Å². The maximum atomic E-state index is 11.4. The zero-order chi connectivity index (χ0) is 18.7. The Morgan fingerprint density at radius 1 is 1.38 bits per heavy atom. The average molecular weight is 363 g/mol. The quantitative estimate of drug-likeness (QED) is 0.465. The highest BCUT2D eigenvalue weighted by atomic mass is 16.6. The number of carbonyl (C=O) groups excluding carboxylic acids is 1. The van der Waals surface area contributed by atoms with Crippen molar-refractivity contribution >= 4 is 11.7 Å². The van der Waals surface area contributed by atoms with Crippen LogP contribution in [-0.2, 0) is 16.1 Å². The van der Waals surface area contributed by atoms with Gasteiger partial charge in [-0.05, 0) is 36.3 Å². The van der Waals surface area contributed by atoms with E-state index < -0.39 is 10.9 Å². The number of nitro groups is 1. The van der Waals surface area contributed by atoms with Crippen molar-refractivity contribution in [1.29, 1.82) is 0 Å². The second-order valence-electron chi connectivity index (χ2n) is 7.14. The van der Waals surface area contributed by atoms with Crippen LogP contribution in [0, 0.1) is 22.0 Å². The first kappa shape index (κ1) is 18.6. The number of carbonyl (C=O) groups is 1. The smallest absolute Gasteiger partial charge is 0.343 e. The van der Waals surface area contributed by atoms with Gasteiger partial charge in [0, 0.05) is 31.7 Å². The van der Waals surface area contributed by atoms with Crippen molar-refractivity contribution in [2.75, 3.05) is 26.8 Å². The molecule has 0 amide bonds. The first-order valence-corrected chi connectivity index (χ1v) is 8.92. The first-order valence-electron chi connectivity index (χ1n) is 8.92. The van der Waals surface area contributed by atoms with Crippen molar-refractivity contribution in [3.05, 3.63) is 33.9 Å². The number of fused-ring (bicyclic) bond motifs is 1. The summed E-state index contributed by atoms with van der Waals surface area (Å²) in [6, 6.07) is 5.14. The Labute approximate surface area is 152 Å². The van der Waals surface area contributed by atoms with Crippen LogP contribution >= 0.6 is 0 Å². The number of hydrogen-bond donors (Lipinski definition) is 1. The van der Waals surface area contributed by atoms with Gasteiger partial charge in [-0.15, -0.1) is 0 Å². The zero-order valence-corrected chi connectivity index (χ0v) is 14.9. The van der Waals surface area contributed by atoms with Crippen molar-refractivity contribution in [2.24, 2.45) is 17.6 Å². The van der Waals surface area contributed by atoms with Crippen molar-refractivity contribution in [2.45, 2.75) is 31.8 Å². The van der Waals surface area contributed by atoms with E-state index in [0.29, 0.717) is 18.4 Å². The van der Waals surface area contributed by atoms with Crippen LogP contribution in [0.5, 0.6) is 5.75 Å². The summed E-state index contributed by atoms with van der Waals surface area (Å²) in [5.74, 6) is 0.651. The number of methoxy groups -OCH3 is 1. The third kappa shape index (κ3) is 4.13. The number of nitrogens with two attached hydrogens (primary N) is 1. The maximum absolute atomic E-state index is 11.4. The molecule has 3 unspecified atom stereocenters. The van der Waals surface area contributed by atoms with Gasteiger partial charge in [0.05, 0.1) is 12.0 Å². The molecule has 142 valence electrons. The summed E-state index contributed by atoms with van der Waals surface area (Å²) in [5, 5.41) is 11.4. The van der Waals surface area contributed by atoms with E-state index in [9.17, 15) is 14.9 Å². The minimum Gasteiger partial charge on any atom is -0.475 e. The molecule has 1 saturated carbocycles. The monoisotopic (exact) mass is 363 g/mol. The lowest BCUT2D eigenvalue weighted by atomic mass is 9.78. The Morgan fingerprint density at radius 3 is 2.88 bits per heavy atom. The van der Waals surface area contributed by atoms with Crippen molar-refractivity contribution in [3.63, 3.8) is 0 Å². The Morgan fingerprint density at radius 2 is 2.19 bits per heavy atom. The van der Waals surface area contributed by atoms with E-state index in [2.05, 4.69) is 9.64 Å². The molecule has 2 N–H and O–H groups in total. The Bertz CT molecular complexity index is 681. The van der Waals surface area contributed by atoms with Gasteiger partial charge in [-0.2, -0.15) is 0 Å². The summed E-state index contributed by atoms with van der Waals surface area (Å²) in [6.07, 6.45) is 3.50. The minimum absolute atomic E-state index is 0.0706. The predicted molar refractivity (Wildman–Crippen MR) is 94.7 cm³/mol. The highest BCUT2D eigenvalue weighted by Crippen LogP contribution is 2.36. The fourth-order valence-electron chi connectivity index (χ4n) is 4.12. The summed E-state index contributed by atoms with van der Waals surface area (Å²) in [4.78, 5) is 24.4. The van der Waals surface area contributed by atoms with E-state index in [1.54, 1.807) is 6.07 Å². The molecule has 1 aromatic rings. The van der Waals surface area contributed by atoms with Gasteiger partial charge >= 0.3 is 11.7 Å². The van der Waals surface area contributed by atoms with Crippen LogP contribution < -0.4 is 10.5 Å². The van der Waals surface area contributed by atoms with Gasteiger partial charge in [0.25, 0.3) is 0 Å². The van der Waals surface area contributed by atoms with E-state index in [1.807, 2.05) is 6.07 Å². The molecule has 1 aromatic carbocycles. The van der Waals surface area contributed by atoms with Crippen molar-refractivity contribution < 1.29 is 19.2 Å². The molecule has 3 atom stereocenters. The van der Waals surface area contributed by atoms with Gasteiger partial charge in [-0.3, -0.25) is 15.0 Å². The maximum Gasteiger partial charge on any atom is 0.343 e. The second kappa shape index (κ2) is 8.01. The first-order chi connectivity index (χ1) is 12.5. The molecule has 8 heteroatoms. The molecule has 8 nitrogen and oxygen atoms in total. The van der Waals surface area contributed by atoms with Crippen LogP contribution in [-0.4, -0.2) is 48.6 Å². The molecule has 0 bridgehead atoms. The molecule has 2 fully saturated rings. The lowest BCUT2D eigenvalue weighted by molar-refractivity contribution is -0.385. The molecule has 1 heterocycles. The molecule has 0 radical (unpaired) electrons. The average Bonchev–Trinajstić information content (AvgIpc) is 3.04.